The van der Waals surface area contributed by atoms with E-state index >= 15 is 0 Å². The Balaban J connectivity index is 1.74. The molecule has 3 heterocycles. The number of piperazine rings is 1. The third-order valence-electron chi connectivity index (χ3n) is 2.96. The van der Waals surface area contributed by atoms with Crippen LogP contribution in [0.15, 0.2) is 34.2 Å². The summed E-state index contributed by atoms with van der Waals surface area (Å²) in [5.74, 6) is 0.444. The molecule has 0 amide bonds. The van der Waals surface area contributed by atoms with Crippen molar-refractivity contribution in [3.8, 4) is 11.5 Å². The molecular formula is C11H12N6O2. The standard InChI is InChI=1S/C11H12N6O2/c18-15-17-6-4-16(5-7-17)11-14-13-10(19-11)9-2-1-3-12-8-9/h1-3,8H,4-7H2. The maximum absolute atomic E-state index is 10.4. The van der Waals surface area contributed by atoms with Crippen molar-refractivity contribution in [1.82, 2.24) is 20.2 Å². The van der Waals surface area contributed by atoms with E-state index < -0.39 is 0 Å². The summed E-state index contributed by atoms with van der Waals surface area (Å²) in [7, 11) is 0. The Morgan fingerprint density at radius 2 is 2.05 bits per heavy atom. The van der Waals surface area contributed by atoms with Crippen LogP contribution in [0.1, 0.15) is 0 Å². The molecule has 8 nitrogen and oxygen atoms in total. The number of nitroso groups, excluding NO2 is 1. The van der Waals surface area contributed by atoms with Gasteiger partial charge in [-0.3, -0.25) is 9.99 Å². The highest BCUT2D eigenvalue weighted by Gasteiger charge is 2.21. The van der Waals surface area contributed by atoms with E-state index in [9.17, 15) is 4.91 Å². The summed E-state index contributed by atoms with van der Waals surface area (Å²) in [5.41, 5.74) is 0.787. The normalized spacial score (nSPS) is 15.6. The molecule has 0 aromatic carbocycles. The summed E-state index contributed by atoms with van der Waals surface area (Å²) < 4.78 is 5.61. The van der Waals surface area contributed by atoms with Crippen molar-refractivity contribution < 1.29 is 4.42 Å². The minimum Gasteiger partial charge on any atom is -0.403 e. The van der Waals surface area contributed by atoms with Gasteiger partial charge in [0.1, 0.15) is 0 Å². The summed E-state index contributed by atoms with van der Waals surface area (Å²) in [5, 5.41) is 12.4. The average Bonchev–Trinajstić information content (AvgIpc) is 2.98. The van der Waals surface area contributed by atoms with Gasteiger partial charge in [0.15, 0.2) is 0 Å². The molecule has 1 fully saturated rings. The first-order chi connectivity index (χ1) is 9.36. The predicted molar refractivity (Wildman–Crippen MR) is 67.1 cm³/mol. The Hall–Kier alpha value is -2.51. The minimum atomic E-state index is 0.444. The van der Waals surface area contributed by atoms with E-state index in [1.807, 2.05) is 17.0 Å². The van der Waals surface area contributed by atoms with Gasteiger partial charge in [0.05, 0.1) is 23.9 Å². The maximum atomic E-state index is 10.4. The molecular weight excluding hydrogens is 248 g/mol. The van der Waals surface area contributed by atoms with Crippen LogP contribution in [0.2, 0.25) is 0 Å². The first-order valence-corrected chi connectivity index (χ1v) is 5.94. The van der Waals surface area contributed by atoms with Crippen LogP contribution in [0.5, 0.6) is 0 Å². The van der Waals surface area contributed by atoms with Gasteiger partial charge >= 0.3 is 6.01 Å². The zero-order valence-electron chi connectivity index (χ0n) is 10.1. The van der Waals surface area contributed by atoms with E-state index in [1.165, 1.54) is 5.01 Å². The minimum absolute atomic E-state index is 0.444. The van der Waals surface area contributed by atoms with Crippen molar-refractivity contribution in [2.75, 3.05) is 31.1 Å². The molecule has 2 aromatic heterocycles. The second-order valence-electron chi connectivity index (χ2n) is 4.15. The van der Waals surface area contributed by atoms with E-state index in [2.05, 4.69) is 20.5 Å². The van der Waals surface area contributed by atoms with Crippen LogP contribution in [0.4, 0.5) is 6.01 Å². The topological polar surface area (TPSA) is 87.7 Å². The van der Waals surface area contributed by atoms with E-state index in [-0.39, 0.29) is 0 Å². The summed E-state index contributed by atoms with van der Waals surface area (Å²) in [6.07, 6.45) is 3.36. The SMILES string of the molecule is O=NN1CCN(c2nnc(-c3cccnc3)o2)CC1. The molecule has 19 heavy (non-hydrogen) atoms. The van der Waals surface area contributed by atoms with Crippen LogP contribution < -0.4 is 4.90 Å². The lowest BCUT2D eigenvalue weighted by Gasteiger charge is -2.29. The summed E-state index contributed by atoms with van der Waals surface area (Å²) in [4.78, 5) is 16.3. The van der Waals surface area contributed by atoms with E-state index in [4.69, 9.17) is 4.42 Å². The molecule has 0 saturated carbocycles. The van der Waals surface area contributed by atoms with Gasteiger partial charge in [0, 0.05) is 25.5 Å². The molecule has 1 saturated heterocycles. The zero-order valence-corrected chi connectivity index (χ0v) is 10.1. The number of rotatable bonds is 3. The third-order valence-corrected chi connectivity index (χ3v) is 2.96. The molecule has 0 atom stereocenters. The van der Waals surface area contributed by atoms with Gasteiger partial charge in [0.25, 0.3) is 5.89 Å². The fourth-order valence-electron chi connectivity index (χ4n) is 1.92. The molecule has 0 spiro atoms. The maximum Gasteiger partial charge on any atom is 0.318 e. The monoisotopic (exact) mass is 260 g/mol. The molecule has 0 bridgehead atoms. The summed E-state index contributed by atoms with van der Waals surface area (Å²) in [6, 6.07) is 4.14. The molecule has 8 heteroatoms. The first-order valence-electron chi connectivity index (χ1n) is 5.94. The molecule has 1 aliphatic rings. The Bertz CT molecular complexity index is 549. The van der Waals surface area contributed by atoms with Gasteiger partial charge in [-0.2, -0.15) is 0 Å². The molecule has 0 radical (unpaired) electrons. The smallest absolute Gasteiger partial charge is 0.318 e. The lowest BCUT2D eigenvalue weighted by Crippen LogP contribution is -2.44. The van der Waals surface area contributed by atoms with Crippen LogP contribution in [0.3, 0.4) is 0 Å². The van der Waals surface area contributed by atoms with E-state index in [1.54, 1.807) is 12.4 Å². The lowest BCUT2D eigenvalue weighted by atomic mass is 10.3. The van der Waals surface area contributed by atoms with Crippen molar-refractivity contribution in [2.24, 2.45) is 5.29 Å². The van der Waals surface area contributed by atoms with Crippen LogP contribution in [0, 0.1) is 4.91 Å². The average molecular weight is 260 g/mol. The number of aromatic nitrogens is 3. The Labute approximate surface area is 109 Å². The molecule has 3 rings (SSSR count). The molecule has 0 N–H and O–H groups in total. The second kappa shape index (κ2) is 5.01. The zero-order chi connectivity index (χ0) is 13.1. The fourth-order valence-corrected chi connectivity index (χ4v) is 1.92. The third kappa shape index (κ3) is 2.37. The largest absolute Gasteiger partial charge is 0.403 e. The van der Waals surface area contributed by atoms with Crippen LogP contribution in [0.25, 0.3) is 11.5 Å². The van der Waals surface area contributed by atoms with Gasteiger partial charge in [-0.25, -0.2) is 0 Å². The highest BCUT2D eigenvalue weighted by Crippen LogP contribution is 2.21. The molecule has 2 aromatic rings. The van der Waals surface area contributed by atoms with Crippen LogP contribution in [-0.2, 0) is 0 Å². The summed E-state index contributed by atoms with van der Waals surface area (Å²) in [6.45, 7) is 2.41. The molecule has 98 valence electrons. The predicted octanol–water partition coefficient (Wildman–Crippen LogP) is 0.935. The van der Waals surface area contributed by atoms with Crippen molar-refractivity contribution in [2.45, 2.75) is 0 Å². The van der Waals surface area contributed by atoms with Gasteiger partial charge < -0.3 is 9.32 Å². The molecule has 0 aliphatic carbocycles. The van der Waals surface area contributed by atoms with Gasteiger partial charge in [-0.15, -0.1) is 10.0 Å². The van der Waals surface area contributed by atoms with E-state index in [0.29, 0.717) is 38.1 Å². The first kappa shape index (κ1) is 11.6. The van der Waals surface area contributed by atoms with Crippen LogP contribution >= 0.6 is 0 Å². The van der Waals surface area contributed by atoms with Gasteiger partial charge in [0.2, 0.25) is 0 Å². The summed E-state index contributed by atoms with van der Waals surface area (Å²) >= 11 is 0. The Morgan fingerprint density at radius 1 is 1.21 bits per heavy atom. The number of nitrogens with zero attached hydrogens (tertiary/aromatic N) is 6. The van der Waals surface area contributed by atoms with Gasteiger partial charge in [-0.05, 0) is 12.1 Å². The Kier molecular flexibility index (Phi) is 3.05. The highest BCUT2D eigenvalue weighted by molar-refractivity contribution is 5.51. The number of hydrogen-bond acceptors (Lipinski definition) is 7. The van der Waals surface area contributed by atoms with Crippen molar-refractivity contribution in [1.29, 1.82) is 0 Å². The van der Waals surface area contributed by atoms with Gasteiger partial charge in [-0.1, -0.05) is 5.10 Å². The Morgan fingerprint density at radius 3 is 2.74 bits per heavy atom. The fraction of sp³-hybridized carbons (Fsp3) is 0.364. The van der Waals surface area contributed by atoms with E-state index in [0.717, 1.165) is 5.56 Å². The molecule has 1 aliphatic heterocycles. The second-order valence-corrected chi connectivity index (χ2v) is 4.15. The van der Waals surface area contributed by atoms with Crippen molar-refractivity contribution in [3.63, 3.8) is 0 Å². The van der Waals surface area contributed by atoms with Crippen LogP contribution in [-0.4, -0.2) is 46.4 Å². The number of anilines is 1. The molecule has 0 unspecified atom stereocenters. The number of pyridine rings is 1. The number of hydrogen-bond donors (Lipinski definition) is 0. The quantitative estimate of drug-likeness (QED) is 0.758. The van der Waals surface area contributed by atoms with Crippen molar-refractivity contribution in [3.05, 3.63) is 29.4 Å². The lowest BCUT2D eigenvalue weighted by molar-refractivity contribution is 0.261. The van der Waals surface area contributed by atoms with Crippen molar-refractivity contribution >= 4 is 6.01 Å². The highest BCUT2D eigenvalue weighted by atomic mass is 16.4.